The Kier molecular flexibility index (Phi) is 7.04. The number of hydrogen-bond acceptors (Lipinski definition) is 6. The summed E-state index contributed by atoms with van der Waals surface area (Å²) in [5.41, 5.74) is 1.39. The number of ether oxygens (including phenoxy) is 2. The molecule has 5 aliphatic carbocycles. The maximum atomic E-state index is 12.1. The SMILES string of the molecule is C=S(C)(=O)N1CCN(CCCOc2ccc([C@H]3CC[C@]4(CC3)OO[C@]3(O4)C4CC5CC(C4)CC3C5)cc2)CC1. The third-order valence-corrected chi connectivity index (χ3v) is 12.3. The summed E-state index contributed by atoms with van der Waals surface area (Å²) in [6.45, 7) is 5.28. The molecular weight excluding hydrogens is 512 g/mol. The van der Waals surface area contributed by atoms with Crippen molar-refractivity contribution in [2.45, 2.75) is 81.7 Å². The van der Waals surface area contributed by atoms with Crippen LogP contribution in [0, 0.1) is 23.7 Å². The molecule has 39 heavy (non-hydrogen) atoms. The lowest BCUT2D eigenvalue weighted by Gasteiger charge is -2.57. The zero-order valence-corrected chi connectivity index (χ0v) is 24.4. The van der Waals surface area contributed by atoms with E-state index in [0.717, 1.165) is 82.4 Å². The molecule has 1 aromatic carbocycles. The van der Waals surface area contributed by atoms with E-state index in [9.17, 15) is 4.21 Å². The summed E-state index contributed by atoms with van der Waals surface area (Å²) < 4.78 is 27.1. The Bertz CT molecular complexity index is 1090. The molecule has 2 aliphatic heterocycles. The molecule has 5 saturated carbocycles. The molecule has 0 N–H and O–H groups in total. The van der Waals surface area contributed by atoms with Gasteiger partial charge in [0.2, 0.25) is 11.6 Å². The van der Waals surface area contributed by atoms with Crippen LogP contribution in [0.5, 0.6) is 5.75 Å². The van der Waals surface area contributed by atoms with Gasteiger partial charge in [0, 0.05) is 73.4 Å². The molecule has 7 aliphatic rings. The lowest BCUT2D eigenvalue weighted by molar-refractivity contribution is -0.390. The first kappa shape index (κ1) is 26.7. The topological polar surface area (TPSA) is 60.5 Å². The van der Waals surface area contributed by atoms with E-state index in [1.807, 2.05) is 4.31 Å². The van der Waals surface area contributed by atoms with Crippen molar-refractivity contribution in [3.63, 3.8) is 0 Å². The number of nitrogens with zero attached hydrogens (tertiary/aromatic N) is 2. The first-order valence-electron chi connectivity index (χ1n) is 15.4. The van der Waals surface area contributed by atoms with Crippen LogP contribution in [-0.4, -0.2) is 76.4 Å². The van der Waals surface area contributed by atoms with Crippen LogP contribution in [0.1, 0.15) is 75.7 Å². The minimum Gasteiger partial charge on any atom is -0.494 e. The van der Waals surface area contributed by atoms with Gasteiger partial charge < -0.3 is 14.4 Å². The van der Waals surface area contributed by atoms with Crippen LogP contribution < -0.4 is 4.74 Å². The summed E-state index contributed by atoms with van der Waals surface area (Å²) in [6.07, 6.45) is 13.1. The Morgan fingerprint density at radius 2 is 1.59 bits per heavy atom. The van der Waals surface area contributed by atoms with Crippen LogP contribution >= 0.6 is 0 Å². The molecule has 2 heterocycles. The molecule has 2 saturated heterocycles. The zero-order valence-electron chi connectivity index (χ0n) is 23.6. The maximum Gasteiger partial charge on any atom is 0.210 e. The van der Waals surface area contributed by atoms with Gasteiger partial charge in [-0.15, -0.1) is 0 Å². The van der Waals surface area contributed by atoms with Gasteiger partial charge in [-0.25, -0.2) is 4.31 Å². The fraction of sp³-hybridized carbons (Fsp3) is 0.774. The highest BCUT2D eigenvalue weighted by atomic mass is 32.2. The van der Waals surface area contributed by atoms with E-state index in [4.69, 9.17) is 19.2 Å². The molecule has 4 bridgehead atoms. The van der Waals surface area contributed by atoms with Crippen LogP contribution in [0.15, 0.2) is 24.3 Å². The normalized spacial score (nSPS) is 41.8. The van der Waals surface area contributed by atoms with Crippen molar-refractivity contribution in [3.05, 3.63) is 29.8 Å². The van der Waals surface area contributed by atoms with Gasteiger partial charge in [0.15, 0.2) is 0 Å². The van der Waals surface area contributed by atoms with Crippen LogP contribution in [0.4, 0.5) is 0 Å². The van der Waals surface area contributed by atoms with Gasteiger partial charge in [-0.05, 0) is 92.7 Å². The molecule has 0 amide bonds. The predicted octanol–water partition coefficient (Wildman–Crippen LogP) is 4.82. The quantitative estimate of drug-likeness (QED) is 0.272. The van der Waals surface area contributed by atoms with Gasteiger partial charge >= 0.3 is 0 Å². The lowest BCUT2D eigenvalue weighted by atomic mass is 9.53. The Balaban J connectivity index is 0.856. The molecule has 1 aromatic rings. The second-order valence-electron chi connectivity index (χ2n) is 13.5. The highest BCUT2D eigenvalue weighted by Crippen LogP contribution is 2.64. The van der Waals surface area contributed by atoms with Crippen LogP contribution in [0.3, 0.4) is 0 Å². The van der Waals surface area contributed by atoms with Crippen molar-refractivity contribution in [1.82, 2.24) is 9.21 Å². The monoisotopic (exact) mass is 558 g/mol. The van der Waals surface area contributed by atoms with Gasteiger partial charge in [-0.1, -0.05) is 12.1 Å². The van der Waals surface area contributed by atoms with E-state index in [-0.39, 0.29) is 0 Å². The molecule has 0 aromatic heterocycles. The summed E-state index contributed by atoms with van der Waals surface area (Å²) in [5, 5.41) is 0. The van der Waals surface area contributed by atoms with E-state index >= 15 is 0 Å². The average molecular weight is 559 g/mol. The number of benzene rings is 1. The third kappa shape index (κ3) is 5.19. The Morgan fingerprint density at radius 1 is 0.949 bits per heavy atom. The number of rotatable bonds is 7. The maximum absolute atomic E-state index is 12.1. The van der Waals surface area contributed by atoms with E-state index in [1.54, 1.807) is 6.26 Å². The summed E-state index contributed by atoms with van der Waals surface area (Å²) in [7, 11) is -2.07. The second kappa shape index (κ2) is 10.3. The van der Waals surface area contributed by atoms with Crippen molar-refractivity contribution >= 4 is 15.6 Å². The third-order valence-electron chi connectivity index (χ3n) is 10.8. The van der Waals surface area contributed by atoms with Crippen LogP contribution in [0.2, 0.25) is 0 Å². The second-order valence-corrected chi connectivity index (χ2v) is 15.9. The van der Waals surface area contributed by atoms with Gasteiger partial charge in [0.05, 0.1) is 6.61 Å². The molecule has 0 radical (unpaired) electrons. The first-order valence-corrected chi connectivity index (χ1v) is 17.5. The summed E-state index contributed by atoms with van der Waals surface area (Å²) in [4.78, 5) is 14.8. The molecule has 216 valence electrons. The summed E-state index contributed by atoms with van der Waals surface area (Å²) in [5.74, 6) is 7.12. The predicted molar refractivity (Wildman–Crippen MR) is 153 cm³/mol. The van der Waals surface area contributed by atoms with Crippen molar-refractivity contribution in [3.8, 4) is 5.75 Å². The van der Waals surface area contributed by atoms with Crippen LogP contribution in [-0.2, 0) is 24.2 Å². The highest BCUT2D eigenvalue weighted by molar-refractivity contribution is 7.97. The highest BCUT2D eigenvalue weighted by Gasteiger charge is 2.66. The Labute approximate surface area is 234 Å². The van der Waals surface area contributed by atoms with Crippen molar-refractivity contribution in [1.29, 1.82) is 0 Å². The Morgan fingerprint density at radius 3 is 2.21 bits per heavy atom. The van der Waals surface area contributed by atoms with Crippen molar-refractivity contribution in [2.24, 2.45) is 23.7 Å². The first-order chi connectivity index (χ1) is 18.8. The molecule has 1 atom stereocenters. The summed E-state index contributed by atoms with van der Waals surface area (Å²) >= 11 is 0. The van der Waals surface area contributed by atoms with Crippen molar-refractivity contribution < 1.29 is 23.5 Å². The molecule has 2 spiro atoms. The molecular formula is C31H46N2O5S. The van der Waals surface area contributed by atoms with Crippen LogP contribution in [0.25, 0.3) is 0 Å². The van der Waals surface area contributed by atoms with E-state index < -0.39 is 21.3 Å². The minimum absolute atomic E-state index is 0.459. The minimum atomic E-state index is -2.07. The van der Waals surface area contributed by atoms with E-state index in [2.05, 4.69) is 35.0 Å². The Hall–Kier alpha value is -1.16. The molecule has 8 heteroatoms. The largest absolute Gasteiger partial charge is 0.494 e. The zero-order chi connectivity index (χ0) is 26.7. The van der Waals surface area contributed by atoms with Gasteiger partial charge in [-0.2, -0.15) is 9.78 Å². The fourth-order valence-electron chi connectivity index (χ4n) is 8.84. The number of piperazine rings is 1. The number of hydrogen-bond donors (Lipinski definition) is 0. The van der Waals surface area contributed by atoms with Crippen molar-refractivity contribution in [2.75, 3.05) is 45.6 Å². The van der Waals surface area contributed by atoms with Gasteiger partial charge in [0.1, 0.15) is 5.75 Å². The van der Waals surface area contributed by atoms with Gasteiger partial charge in [0.25, 0.3) is 0 Å². The smallest absolute Gasteiger partial charge is 0.210 e. The molecule has 8 rings (SSSR count). The van der Waals surface area contributed by atoms with E-state index in [1.165, 1.54) is 37.7 Å². The lowest BCUT2D eigenvalue weighted by Crippen LogP contribution is -2.59. The average Bonchev–Trinajstić information content (AvgIpc) is 3.30. The van der Waals surface area contributed by atoms with Gasteiger partial charge in [-0.3, -0.25) is 4.21 Å². The fourth-order valence-corrected chi connectivity index (χ4v) is 9.78. The molecule has 7 fully saturated rings. The van der Waals surface area contributed by atoms with E-state index in [0.29, 0.717) is 24.4 Å². The summed E-state index contributed by atoms with van der Waals surface area (Å²) in [6, 6.07) is 8.73. The standard InChI is InChI=1S/C31H46N2O5S/c1-39(2,34)33-15-13-32(14-16-33)12-3-17-35-29-6-4-25(5-7-29)26-8-10-30(11-9-26)36-31(38-37-30)27-19-23-18-24(21-27)22-28(31)20-23/h4-7,23-24,26-28H,1,3,8-22H2,2H3/t23?,24?,26-,27?,28?,30+,31-,39?. The molecule has 7 nitrogen and oxygen atoms in total. The molecule has 1 unspecified atom stereocenters.